The van der Waals surface area contributed by atoms with E-state index in [0.717, 1.165) is 5.56 Å². The van der Waals surface area contributed by atoms with Crippen LogP contribution in [0.1, 0.15) is 12.5 Å². The highest BCUT2D eigenvalue weighted by Crippen LogP contribution is 2.11. The summed E-state index contributed by atoms with van der Waals surface area (Å²) in [6, 6.07) is 7.19. The van der Waals surface area contributed by atoms with Gasteiger partial charge in [-0.25, -0.2) is 0 Å². The Bertz CT molecular complexity index is 443. The van der Waals surface area contributed by atoms with Gasteiger partial charge >= 0.3 is 0 Å². The Morgan fingerprint density at radius 2 is 2.11 bits per heavy atom. The van der Waals surface area contributed by atoms with Crippen LogP contribution in [0.25, 0.3) is 6.08 Å². The summed E-state index contributed by atoms with van der Waals surface area (Å²) in [5.74, 6) is 0.352. The normalized spacial score (nSPS) is 14.3. The van der Waals surface area contributed by atoms with E-state index in [1.54, 1.807) is 25.1 Å². The summed E-state index contributed by atoms with van der Waals surface area (Å²) in [5, 5.41) is 13.2. The van der Waals surface area contributed by atoms with E-state index in [-0.39, 0.29) is 12.5 Å². The van der Waals surface area contributed by atoms with Crippen molar-refractivity contribution < 1.29 is 9.90 Å². The molecular weight excluding hydrogens is 282 g/mol. The van der Waals surface area contributed by atoms with Crippen molar-refractivity contribution >= 4 is 35.3 Å². The van der Waals surface area contributed by atoms with Gasteiger partial charge in [0.1, 0.15) is 0 Å². The van der Waals surface area contributed by atoms with Gasteiger partial charge in [-0.2, -0.15) is 11.8 Å². The largest absolute Gasteiger partial charge is 0.387 e. The number of carbonyl (C=O) groups excluding carboxylic acids is 1. The summed E-state index contributed by atoms with van der Waals surface area (Å²) < 4.78 is 0. The van der Waals surface area contributed by atoms with Gasteiger partial charge in [0.2, 0.25) is 5.91 Å². The predicted octanol–water partition coefficient (Wildman–Crippen LogP) is 2.58. The molecule has 0 saturated carbocycles. The van der Waals surface area contributed by atoms with Crippen LogP contribution in [0, 0.1) is 0 Å². The van der Waals surface area contributed by atoms with Gasteiger partial charge in [-0.05, 0) is 37.0 Å². The van der Waals surface area contributed by atoms with Crippen LogP contribution >= 0.6 is 23.4 Å². The van der Waals surface area contributed by atoms with Crippen LogP contribution in [-0.2, 0) is 4.79 Å². The Morgan fingerprint density at radius 3 is 2.68 bits per heavy atom. The molecule has 0 aromatic heterocycles. The van der Waals surface area contributed by atoms with Crippen molar-refractivity contribution in [2.75, 3.05) is 18.6 Å². The molecule has 0 aliphatic carbocycles. The van der Waals surface area contributed by atoms with Crippen LogP contribution in [0.15, 0.2) is 30.3 Å². The van der Waals surface area contributed by atoms with Crippen molar-refractivity contribution in [2.24, 2.45) is 0 Å². The average Bonchev–Trinajstić information content (AvgIpc) is 2.36. The molecule has 1 aromatic carbocycles. The van der Waals surface area contributed by atoms with Crippen LogP contribution in [0.4, 0.5) is 0 Å². The fourth-order valence-corrected chi connectivity index (χ4v) is 2.29. The Labute approximate surface area is 123 Å². The topological polar surface area (TPSA) is 49.3 Å². The van der Waals surface area contributed by atoms with E-state index in [1.165, 1.54) is 17.8 Å². The van der Waals surface area contributed by atoms with Gasteiger partial charge in [0.05, 0.1) is 5.60 Å². The minimum absolute atomic E-state index is 0.226. The number of hydrogen-bond acceptors (Lipinski definition) is 3. The summed E-state index contributed by atoms with van der Waals surface area (Å²) >= 11 is 7.31. The van der Waals surface area contributed by atoms with Crippen LogP contribution in [0.3, 0.4) is 0 Å². The summed E-state index contributed by atoms with van der Waals surface area (Å²) in [6.45, 7) is 1.93. The molecule has 1 rings (SSSR count). The zero-order chi connectivity index (χ0) is 14.3. The lowest BCUT2D eigenvalue weighted by molar-refractivity contribution is -0.117. The quantitative estimate of drug-likeness (QED) is 0.794. The highest BCUT2D eigenvalue weighted by Gasteiger charge is 2.19. The van der Waals surface area contributed by atoms with Gasteiger partial charge in [0.25, 0.3) is 0 Å². The van der Waals surface area contributed by atoms with E-state index >= 15 is 0 Å². The number of carbonyl (C=O) groups is 1. The van der Waals surface area contributed by atoms with Crippen molar-refractivity contribution in [1.29, 1.82) is 0 Å². The van der Waals surface area contributed by atoms with Crippen LogP contribution in [-0.4, -0.2) is 35.2 Å². The Morgan fingerprint density at radius 1 is 1.47 bits per heavy atom. The molecule has 1 unspecified atom stereocenters. The van der Waals surface area contributed by atoms with Gasteiger partial charge in [0.15, 0.2) is 0 Å². The smallest absolute Gasteiger partial charge is 0.244 e. The lowest BCUT2D eigenvalue weighted by atomic mass is 10.1. The van der Waals surface area contributed by atoms with E-state index in [9.17, 15) is 9.90 Å². The second-order valence-corrected chi connectivity index (χ2v) is 5.84. The molecule has 5 heteroatoms. The van der Waals surface area contributed by atoms with Crippen molar-refractivity contribution in [2.45, 2.75) is 12.5 Å². The minimum atomic E-state index is -0.886. The number of nitrogens with one attached hydrogen (secondary N) is 1. The predicted molar refractivity (Wildman–Crippen MR) is 82.5 cm³/mol. The number of benzene rings is 1. The molecule has 0 heterocycles. The number of thioether (sulfide) groups is 1. The molecule has 0 aliphatic heterocycles. The number of amides is 1. The molecule has 0 spiro atoms. The maximum Gasteiger partial charge on any atom is 0.244 e. The van der Waals surface area contributed by atoms with E-state index in [1.807, 2.05) is 18.4 Å². The van der Waals surface area contributed by atoms with E-state index < -0.39 is 5.60 Å². The first-order valence-corrected chi connectivity index (χ1v) is 7.63. The maximum absolute atomic E-state index is 11.6. The highest BCUT2D eigenvalue weighted by molar-refractivity contribution is 7.98. The summed E-state index contributed by atoms with van der Waals surface area (Å²) in [5.41, 5.74) is 0.0128. The van der Waals surface area contributed by atoms with Gasteiger partial charge in [-0.1, -0.05) is 23.7 Å². The zero-order valence-electron chi connectivity index (χ0n) is 11.0. The van der Waals surface area contributed by atoms with Crippen molar-refractivity contribution in [1.82, 2.24) is 5.32 Å². The molecule has 0 bridgehead atoms. The first-order chi connectivity index (χ1) is 8.93. The summed E-state index contributed by atoms with van der Waals surface area (Å²) in [6.07, 6.45) is 5.06. The highest BCUT2D eigenvalue weighted by atomic mass is 35.5. The molecular formula is C14H18ClNO2S. The average molecular weight is 300 g/mol. The second kappa shape index (κ2) is 7.58. The van der Waals surface area contributed by atoms with Crippen LogP contribution in [0.5, 0.6) is 0 Å². The third kappa shape index (κ3) is 6.66. The lowest BCUT2D eigenvalue weighted by Crippen LogP contribution is -2.41. The summed E-state index contributed by atoms with van der Waals surface area (Å²) in [7, 11) is 0. The zero-order valence-corrected chi connectivity index (χ0v) is 12.6. The molecule has 1 atom stereocenters. The fourth-order valence-electron chi connectivity index (χ4n) is 1.44. The fraction of sp³-hybridized carbons (Fsp3) is 0.357. The van der Waals surface area contributed by atoms with Gasteiger partial charge in [-0.3, -0.25) is 4.79 Å². The van der Waals surface area contributed by atoms with Crippen molar-refractivity contribution in [3.05, 3.63) is 40.9 Å². The molecule has 104 valence electrons. The van der Waals surface area contributed by atoms with Crippen LogP contribution < -0.4 is 5.32 Å². The monoisotopic (exact) mass is 299 g/mol. The molecule has 2 N–H and O–H groups in total. The second-order valence-electron chi connectivity index (χ2n) is 4.53. The minimum Gasteiger partial charge on any atom is -0.387 e. The van der Waals surface area contributed by atoms with Crippen LogP contribution in [0.2, 0.25) is 5.02 Å². The number of aliphatic hydroxyl groups is 1. The van der Waals surface area contributed by atoms with Gasteiger partial charge in [-0.15, -0.1) is 0 Å². The Hall–Kier alpha value is -0.970. The van der Waals surface area contributed by atoms with Gasteiger partial charge < -0.3 is 10.4 Å². The first kappa shape index (κ1) is 16.1. The number of hydrogen-bond donors (Lipinski definition) is 2. The SMILES string of the molecule is CSCC(C)(O)CNC(=O)C=Cc1ccc(Cl)cc1. The molecule has 19 heavy (non-hydrogen) atoms. The van der Waals surface area contributed by atoms with Crippen molar-refractivity contribution in [3.8, 4) is 0 Å². The maximum atomic E-state index is 11.6. The van der Waals surface area contributed by atoms with Gasteiger partial charge in [0, 0.05) is 23.4 Å². The van der Waals surface area contributed by atoms with E-state index in [2.05, 4.69) is 5.32 Å². The third-order valence-corrected chi connectivity index (χ3v) is 3.56. The third-order valence-electron chi connectivity index (χ3n) is 2.40. The molecule has 0 radical (unpaired) electrons. The molecule has 1 amide bonds. The number of halogens is 1. The first-order valence-electron chi connectivity index (χ1n) is 5.86. The molecule has 0 saturated heterocycles. The lowest BCUT2D eigenvalue weighted by Gasteiger charge is -2.21. The van der Waals surface area contributed by atoms with Crippen molar-refractivity contribution in [3.63, 3.8) is 0 Å². The molecule has 0 fully saturated rings. The Kier molecular flexibility index (Phi) is 6.42. The van der Waals surface area contributed by atoms with E-state index in [0.29, 0.717) is 10.8 Å². The molecule has 0 aliphatic rings. The summed E-state index contributed by atoms with van der Waals surface area (Å²) in [4.78, 5) is 11.6. The number of rotatable bonds is 6. The van der Waals surface area contributed by atoms with E-state index in [4.69, 9.17) is 11.6 Å². The molecule has 1 aromatic rings. The standard InChI is InChI=1S/C14H18ClNO2S/c1-14(18,10-19-2)9-16-13(17)8-5-11-3-6-12(15)7-4-11/h3-8,18H,9-10H2,1-2H3,(H,16,17). The Balaban J connectivity index is 2.45. The molecule has 3 nitrogen and oxygen atoms in total.